The van der Waals surface area contributed by atoms with Crippen LogP contribution in [0.4, 0.5) is 0 Å². The molecule has 0 aromatic heterocycles. The van der Waals surface area contributed by atoms with Crippen LogP contribution in [-0.4, -0.2) is 29.9 Å². The Bertz CT molecular complexity index is 249. The van der Waals surface area contributed by atoms with Crippen LogP contribution in [0.1, 0.15) is 59.3 Å². The first-order valence-electron chi connectivity index (χ1n) is 7.58. The normalized spacial score (nSPS) is 16.9. The highest BCUT2D eigenvalue weighted by Crippen LogP contribution is 2.29. The number of carbonyl (C=O) groups excluding carboxylic acids is 1. The molecule has 106 valence electrons. The summed E-state index contributed by atoms with van der Waals surface area (Å²) in [7, 11) is 0. The van der Waals surface area contributed by atoms with E-state index in [1.54, 1.807) is 0 Å². The van der Waals surface area contributed by atoms with E-state index in [0.717, 1.165) is 32.4 Å². The van der Waals surface area contributed by atoms with Crippen molar-refractivity contribution in [3.8, 4) is 0 Å². The molecule has 0 spiro atoms. The minimum atomic E-state index is 0.363. The summed E-state index contributed by atoms with van der Waals surface area (Å²) in [5, 5.41) is 0. The average Bonchev–Trinajstić information content (AvgIpc) is 3.14. The summed E-state index contributed by atoms with van der Waals surface area (Å²) in [6, 6.07) is 0.550. The molecule has 3 nitrogen and oxygen atoms in total. The maximum absolute atomic E-state index is 12.3. The maximum atomic E-state index is 12.3. The molecular weight excluding hydrogens is 224 g/mol. The van der Waals surface area contributed by atoms with E-state index in [9.17, 15) is 4.79 Å². The van der Waals surface area contributed by atoms with E-state index in [1.165, 1.54) is 12.8 Å². The van der Waals surface area contributed by atoms with Gasteiger partial charge in [0.25, 0.3) is 0 Å². The molecule has 1 unspecified atom stereocenters. The van der Waals surface area contributed by atoms with E-state index in [0.29, 0.717) is 30.2 Å². The van der Waals surface area contributed by atoms with Crippen LogP contribution in [0.5, 0.6) is 0 Å². The summed E-state index contributed by atoms with van der Waals surface area (Å²) in [5.74, 6) is 1.56. The van der Waals surface area contributed by atoms with Crippen molar-refractivity contribution in [2.75, 3.05) is 13.1 Å². The fourth-order valence-electron chi connectivity index (χ4n) is 2.49. The lowest BCUT2D eigenvalue weighted by Gasteiger charge is -2.25. The molecule has 0 radical (unpaired) electrons. The van der Waals surface area contributed by atoms with E-state index >= 15 is 0 Å². The van der Waals surface area contributed by atoms with Crippen LogP contribution in [0.2, 0.25) is 0 Å². The van der Waals surface area contributed by atoms with Crippen molar-refractivity contribution < 1.29 is 4.79 Å². The van der Waals surface area contributed by atoms with Crippen molar-refractivity contribution in [2.24, 2.45) is 17.6 Å². The predicted molar refractivity (Wildman–Crippen MR) is 76.3 cm³/mol. The highest BCUT2D eigenvalue weighted by Gasteiger charge is 2.32. The SMILES string of the molecule is CCC(CCN)CCC(=O)N(CC(C)C)C1CC1. The molecule has 1 aliphatic rings. The Morgan fingerprint density at radius 3 is 2.44 bits per heavy atom. The van der Waals surface area contributed by atoms with Gasteiger partial charge >= 0.3 is 0 Å². The fourth-order valence-corrected chi connectivity index (χ4v) is 2.49. The van der Waals surface area contributed by atoms with Crippen LogP contribution >= 0.6 is 0 Å². The predicted octanol–water partition coefficient (Wildman–Crippen LogP) is 2.79. The van der Waals surface area contributed by atoms with E-state index in [-0.39, 0.29) is 0 Å². The van der Waals surface area contributed by atoms with Gasteiger partial charge in [-0.1, -0.05) is 27.2 Å². The topological polar surface area (TPSA) is 46.3 Å². The van der Waals surface area contributed by atoms with Gasteiger partial charge in [0.05, 0.1) is 0 Å². The highest BCUT2D eigenvalue weighted by atomic mass is 16.2. The lowest BCUT2D eigenvalue weighted by Crippen LogP contribution is -2.36. The number of amides is 1. The summed E-state index contributed by atoms with van der Waals surface area (Å²) in [5.41, 5.74) is 5.60. The minimum absolute atomic E-state index is 0.363. The quantitative estimate of drug-likeness (QED) is 0.687. The average molecular weight is 254 g/mol. The van der Waals surface area contributed by atoms with Crippen LogP contribution in [-0.2, 0) is 4.79 Å². The van der Waals surface area contributed by atoms with Crippen molar-refractivity contribution in [3.05, 3.63) is 0 Å². The fraction of sp³-hybridized carbons (Fsp3) is 0.933. The molecule has 0 saturated heterocycles. The summed E-state index contributed by atoms with van der Waals surface area (Å²) in [6.45, 7) is 8.23. The van der Waals surface area contributed by atoms with Crippen LogP contribution in [0.25, 0.3) is 0 Å². The molecule has 2 N–H and O–H groups in total. The standard InChI is InChI=1S/C15H30N2O/c1-4-13(9-10-16)5-8-15(18)17(11-12(2)3)14-6-7-14/h12-14H,4-11,16H2,1-3H3. The molecule has 0 aromatic carbocycles. The first-order chi connectivity index (χ1) is 8.58. The molecule has 0 heterocycles. The van der Waals surface area contributed by atoms with Gasteiger partial charge in [-0.25, -0.2) is 0 Å². The van der Waals surface area contributed by atoms with Gasteiger partial charge in [0, 0.05) is 19.0 Å². The maximum Gasteiger partial charge on any atom is 0.222 e. The van der Waals surface area contributed by atoms with Crippen molar-refractivity contribution in [1.29, 1.82) is 0 Å². The molecule has 1 aliphatic carbocycles. The zero-order chi connectivity index (χ0) is 13.5. The largest absolute Gasteiger partial charge is 0.339 e. The van der Waals surface area contributed by atoms with Gasteiger partial charge in [-0.3, -0.25) is 4.79 Å². The third kappa shape index (κ3) is 5.38. The Balaban J connectivity index is 2.36. The number of rotatable bonds is 9. The van der Waals surface area contributed by atoms with Crippen LogP contribution in [0.3, 0.4) is 0 Å². The highest BCUT2D eigenvalue weighted by molar-refractivity contribution is 5.76. The Hall–Kier alpha value is -0.570. The van der Waals surface area contributed by atoms with Gasteiger partial charge in [-0.2, -0.15) is 0 Å². The van der Waals surface area contributed by atoms with E-state index < -0.39 is 0 Å². The Morgan fingerprint density at radius 1 is 1.33 bits per heavy atom. The molecule has 1 fully saturated rings. The second-order valence-corrected chi connectivity index (χ2v) is 6.06. The van der Waals surface area contributed by atoms with Gasteiger partial charge < -0.3 is 10.6 Å². The second-order valence-electron chi connectivity index (χ2n) is 6.06. The van der Waals surface area contributed by atoms with Gasteiger partial charge in [-0.15, -0.1) is 0 Å². The Labute approximate surface area is 112 Å². The first-order valence-corrected chi connectivity index (χ1v) is 7.58. The van der Waals surface area contributed by atoms with Crippen LogP contribution in [0.15, 0.2) is 0 Å². The van der Waals surface area contributed by atoms with Gasteiger partial charge in [-0.05, 0) is 44.1 Å². The van der Waals surface area contributed by atoms with E-state index in [2.05, 4.69) is 25.7 Å². The van der Waals surface area contributed by atoms with Crippen molar-refractivity contribution >= 4 is 5.91 Å². The molecule has 1 rings (SSSR count). The van der Waals surface area contributed by atoms with Crippen molar-refractivity contribution in [3.63, 3.8) is 0 Å². The third-order valence-corrected chi connectivity index (χ3v) is 3.79. The summed E-state index contributed by atoms with van der Waals surface area (Å²) in [4.78, 5) is 14.4. The number of hydrogen-bond acceptors (Lipinski definition) is 2. The molecule has 0 bridgehead atoms. The molecule has 1 saturated carbocycles. The molecular formula is C15H30N2O. The van der Waals surface area contributed by atoms with Gasteiger partial charge in [0.1, 0.15) is 0 Å². The molecule has 1 atom stereocenters. The van der Waals surface area contributed by atoms with Gasteiger partial charge in [0.2, 0.25) is 5.91 Å². The Morgan fingerprint density at radius 2 is 2.00 bits per heavy atom. The molecule has 0 aromatic rings. The third-order valence-electron chi connectivity index (χ3n) is 3.79. The van der Waals surface area contributed by atoms with E-state index in [1.807, 2.05) is 0 Å². The molecule has 3 heteroatoms. The van der Waals surface area contributed by atoms with Crippen LogP contribution < -0.4 is 5.73 Å². The monoisotopic (exact) mass is 254 g/mol. The lowest BCUT2D eigenvalue weighted by molar-refractivity contribution is -0.132. The van der Waals surface area contributed by atoms with Gasteiger partial charge in [0.15, 0.2) is 0 Å². The zero-order valence-corrected chi connectivity index (χ0v) is 12.3. The summed E-state index contributed by atoms with van der Waals surface area (Å²) < 4.78 is 0. The summed E-state index contributed by atoms with van der Waals surface area (Å²) in [6.07, 6.45) is 6.32. The van der Waals surface area contributed by atoms with E-state index in [4.69, 9.17) is 5.73 Å². The lowest BCUT2D eigenvalue weighted by atomic mass is 9.96. The number of nitrogens with zero attached hydrogens (tertiary/aromatic N) is 1. The number of carbonyl (C=O) groups is 1. The second kappa shape index (κ2) is 7.78. The van der Waals surface area contributed by atoms with Crippen molar-refractivity contribution in [1.82, 2.24) is 4.90 Å². The zero-order valence-electron chi connectivity index (χ0n) is 12.3. The molecule has 1 amide bonds. The smallest absolute Gasteiger partial charge is 0.222 e. The summed E-state index contributed by atoms with van der Waals surface area (Å²) >= 11 is 0. The Kier molecular flexibility index (Phi) is 6.69. The minimum Gasteiger partial charge on any atom is -0.339 e. The van der Waals surface area contributed by atoms with Crippen LogP contribution in [0, 0.1) is 11.8 Å². The number of hydrogen-bond donors (Lipinski definition) is 1. The number of nitrogens with two attached hydrogens (primary N) is 1. The molecule has 0 aliphatic heterocycles. The first kappa shape index (κ1) is 15.5. The van der Waals surface area contributed by atoms with Crippen molar-refractivity contribution in [2.45, 2.75) is 65.3 Å². The molecule has 18 heavy (non-hydrogen) atoms.